The number of fused-ring (bicyclic) bond motifs is 1. The number of nitrogens with one attached hydrogen (secondary N) is 2. The van der Waals surface area contributed by atoms with E-state index in [0.29, 0.717) is 54.0 Å². The molecule has 7 heteroatoms. The van der Waals surface area contributed by atoms with Crippen LogP contribution in [0.1, 0.15) is 27.1 Å². The standard InChI is InChI=1S/C19H19ClN2O4/c20-15-11-14(12-16-17(15)26-10-4-9-25-16)19(24)22-8-7-21-18(23)13-5-2-1-3-6-13/h1-3,5-6,11-12H,4,7-10H2,(H,21,23)(H,22,24). The zero-order valence-corrected chi connectivity index (χ0v) is 14.8. The first-order chi connectivity index (χ1) is 12.6. The Morgan fingerprint density at radius 3 is 2.31 bits per heavy atom. The molecule has 1 aliphatic heterocycles. The first-order valence-corrected chi connectivity index (χ1v) is 8.73. The van der Waals surface area contributed by atoms with E-state index in [1.165, 1.54) is 0 Å². The van der Waals surface area contributed by atoms with Crippen molar-refractivity contribution in [1.29, 1.82) is 0 Å². The molecule has 0 saturated carbocycles. The van der Waals surface area contributed by atoms with Crippen LogP contribution in [0.15, 0.2) is 42.5 Å². The molecular formula is C19H19ClN2O4. The normalized spacial score (nSPS) is 12.8. The lowest BCUT2D eigenvalue weighted by Crippen LogP contribution is -2.34. The number of carbonyl (C=O) groups is 2. The number of hydrogen-bond acceptors (Lipinski definition) is 4. The highest BCUT2D eigenvalue weighted by Crippen LogP contribution is 2.37. The highest BCUT2D eigenvalue weighted by molar-refractivity contribution is 6.32. The number of benzene rings is 2. The van der Waals surface area contributed by atoms with Gasteiger partial charge in [0.1, 0.15) is 0 Å². The van der Waals surface area contributed by atoms with Crippen molar-refractivity contribution in [2.45, 2.75) is 6.42 Å². The van der Waals surface area contributed by atoms with Crippen LogP contribution in [0, 0.1) is 0 Å². The van der Waals surface area contributed by atoms with Gasteiger partial charge in [0.15, 0.2) is 11.5 Å². The summed E-state index contributed by atoms with van der Waals surface area (Å²) < 4.78 is 11.1. The molecule has 0 spiro atoms. The van der Waals surface area contributed by atoms with E-state index >= 15 is 0 Å². The van der Waals surface area contributed by atoms with E-state index in [1.807, 2.05) is 6.07 Å². The number of rotatable bonds is 5. The fourth-order valence-electron chi connectivity index (χ4n) is 2.51. The number of carbonyl (C=O) groups excluding carboxylic acids is 2. The molecule has 2 N–H and O–H groups in total. The Kier molecular flexibility index (Phi) is 5.96. The Labute approximate surface area is 156 Å². The van der Waals surface area contributed by atoms with E-state index < -0.39 is 0 Å². The fourth-order valence-corrected chi connectivity index (χ4v) is 2.77. The van der Waals surface area contributed by atoms with Crippen molar-refractivity contribution in [3.8, 4) is 11.5 Å². The number of halogens is 1. The maximum Gasteiger partial charge on any atom is 0.251 e. The summed E-state index contributed by atoms with van der Waals surface area (Å²) in [6, 6.07) is 12.1. The summed E-state index contributed by atoms with van der Waals surface area (Å²) in [5.41, 5.74) is 0.960. The molecule has 1 heterocycles. The van der Waals surface area contributed by atoms with Crippen LogP contribution in [0.3, 0.4) is 0 Å². The third-order valence-electron chi connectivity index (χ3n) is 3.80. The molecule has 0 bridgehead atoms. The molecule has 0 fully saturated rings. The molecule has 0 aliphatic carbocycles. The predicted octanol–water partition coefficient (Wildman–Crippen LogP) is 2.66. The number of hydrogen-bond donors (Lipinski definition) is 2. The van der Waals surface area contributed by atoms with E-state index in [1.54, 1.807) is 36.4 Å². The van der Waals surface area contributed by atoms with Crippen molar-refractivity contribution < 1.29 is 19.1 Å². The smallest absolute Gasteiger partial charge is 0.251 e. The van der Waals surface area contributed by atoms with Gasteiger partial charge in [-0.2, -0.15) is 0 Å². The monoisotopic (exact) mass is 374 g/mol. The van der Waals surface area contributed by atoms with Crippen molar-refractivity contribution in [2.75, 3.05) is 26.3 Å². The molecule has 6 nitrogen and oxygen atoms in total. The average molecular weight is 375 g/mol. The Balaban J connectivity index is 1.53. The van der Waals surface area contributed by atoms with Gasteiger partial charge >= 0.3 is 0 Å². The van der Waals surface area contributed by atoms with Crippen LogP contribution in [0.5, 0.6) is 11.5 Å². The van der Waals surface area contributed by atoms with Gasteiger partial charge in [-0.1, -0.05) is 29.8 Å². The topological polar surface area (TPSA) is 76.7 Å². The van der Waals surface area contributed by atoms with E-state index in [-0.39, 0.29) is 11.8 Å². The zero-order chi connectivity index (χ0) is 18.4. The minimum Gasteiger partial charge on any atom is -0.489 e. The van der Waals surface area contributed by atoms with Crippen LogP contribution in [0.4, 0.5) is 0 Å². The average Bonchev–Trinajstić information content (AvgIpc) is 2.91. The minimum atomic E-state index is -0.295. The SMILES string of the molecule is O=C(NCCNC(=O)c1cc(Cl)c2c(c1)OCCCO2)c1ccccc1. The van der Waals surface area contributed by atoms with Gasteiger partial charge in [0.25, 0.3) is 11.8 Å². The van der Waals surface area contributed by atoms with Crippen LogP contribution in [-0.2, 0) is 0 Å². The van der Waals surface area contributed by atoms with Crippen LogP contribution in [0.25, 0.3) is 0 Å². The van der Waals surface area contributed by atoms with Crippen LogP contribution >= 0.6 is 11.6 Å². The zero-order valence-electron chi connectivity index (χ0n) is 14.1. The van der Waals surface area contributed by atoms with Crippen molar-refractivity contribution in [3.05, 3.63) is 58.6 Å². The van der Waals surface area contributed by atoms with Crippen LogP contribution in [0.2, 0.25) is 5.02 Å². The van der Waals surface area contributed by atoms with Crippen molar-refractivity contribution >= 4 is 23.4 Å². The molecule has 1 aliphatic rings. The van der Waals surface area contributed by atoms with E-state index in [4.69, 9.17) is 21.1 Å². The molecule has 2 aromatic rings. The van der Waals surface area contributed by atoms with Gasteiger partial charge in [0.2, 0.25) is 0 Å². The number of ether oxygens (including phenoxy) is 2. The van der Waals surface area contributed by atoms with Gasteiger partial charge in [-0.15, -0.1) is 0 Å². The molecule has 0 atom stereocenters. The molecular weight excluding hydrogens is 356 g/mol. The second-order valence-electron chi connectivity index (χ2n) is 5.71. The van der Waals surface area contributed by atoms with Crippen LogP contribution in [-0.4, -0.2) is 38.1 Å². The minimum absolute atomic E-state index is 0.182. The molecule has 2 amide bonds. The van der Waals surface area contributed by atoms with Gasteiger partial charge < -0.3 is 20.1 Å². The van der Waals surface area contributed by atoms with Gasteiger partial charge in [-0.05, 0) is 24.3 Å². The second kappa shape index (κ2) is 8.58. The Morgan fingerprint density at radius 2 is 1.58 bits per heavy atom. The second-order valence-corrected chi connectivity index (χ2v) is 6.12. The first-order valence-electron chi connectivity index (χ1n) is 8.36. The molecule has 0 unspecified atom stereocenters. The summed E-state index contributed by atoms with van der Waals surface area (Å²) in [7, 11) is 0. The Bertz CT molecular complexity index is 796. The molecule has 0 radical (unpaired) electrons. The van der Waals surface area contributed by atoms with Crippen molar-refractivity contribution in [1.82, 2.24) is 10.6 Å². The highest BCUT2D eigenvalue weighted by Gasteiger charge is 2.18. The molecule has 26 heavy (non-hydrogen) atoms. The van der Waals surface area contributed by atoms with E-state index in [9.17, 15) is 9.59 Å². The van der Waals surface area contributed by atoms with Crippen molar-refractivity contribution in [3.63, 3.8) is 0 Å². The predicted molar refractivity (Wildman–Crippen MR) is 98.2 cm³/mol. The third kappa shape index (κ3) is 4.46. The van der Waals surface area contributed by atoms with Crippen molar-refractivity contribution in [2.24, 2.45) is 0 Å². The third-order valence-corrected chi connectivity index (χ3v) is 4.08. The summed E-state index contributed by atoms with van der Waals surface area (Å²) in [5, 5.41) is 5.84. The van der Waals surface area contributed by atoms with Gasteiger partial charge in [0, 0.05) is 30.6 Å². The summed E-state index contributed by atoms with van der Waals surface area (Å²) in [6.07, 6.45) is 0.758. The van der Waals surface area contributed by atoms with Gasteiger partial charge in [-0.3, -0.25) is 9.59 Å². The quantitative estimate of drug-likeness (QED) is 0.789. The lowest BCUT2D eigenvalue weighted by Gasteiger charge is -2.12. The lowest BCUT2D eigenvalue weighted by molar-refractivity contribution is 0.0927. The van der Waals surface area contributed by atoms with Gasteiger partial charge in [-0.25, -0.2) is 0 Å². The molecule has 2 aromatic carbocycles. The first kappa shape index (κ1) is 18.1. The maximum absolute atomic E-state index is 12.3. The Hall–Kier alpha value is -2.73. The van der Waals surface area contributed by atoms with Crippen LogP contribution < -0.4 is 20.1 Å². The van der Waals surface area contributed by atoms with Gasteiger partial charge in [0.05, 0.1) is 18.2 Å². The number of amides is 2. The molecule has 136 valence electrons. The molecule has 0 aromatic heterocycles. The summed E-state index contributed by atoms with van der Waals surface area (Å²) >= 11 is 6.19. The molecule has 3 rings (SSSR count). The summed E-state index contributed by atoms with van der Waals surface area (Å²) in [6.45, 7) is 1.65. The largest absolute Gasteiger partial charge is 0.489 e. The highest BCUT2D eigenvalue weighted by atomic mass is 35.5. The van der Waals surface area contributed by atoms with E-state index in [2.05, 4.69) is 10.6 Å². The summed E-state index contributed by atoms with van der Waals surface area (Å²) in [5.74, 6) is 0.461. The Morgan fingerprint density at radius 1 is 0.923 bits per heavy atom. The van der Waals surface area contributed by atoms with E-state index in [0.717, 1.165) is 6.42 Å². The summed E-state index contributed by atoms with van der Waals surface area (Å²) in [4.78, 5) is 24.2. The fraction of sp³-hybridized carbons (Fsp3) is 0.263. The lowest BCUT2D eigenvalue weighted by atomic mass is 10.2. The molecule has 0 saturated heterocycles. The maximum atomic E-state index is 12.3.